The second-order valence-corrected chi connectivity index (χ2v) is 5.14. The normalized spacial score (nSPS) is 21.0. The van der Waals surface area contributed by atoms with E-state index in [1.165, 1.54) is 0 Å². The number of hydrogen-bond donors (Lipinski definition) is 1. The van der Waals surface area contributed by atoms with Crippen molar-refractivity contribution in [2.45, 2.75) is 26.8 Å². The van der Waals surface area contributed by atoms with Gasteiger partial charge in [0.15, 0.2) is 0 Å². The Hall–Kier alpha value is -1.09. The highest BCUT2D eigenvalue weighted by atomic mass is 19.1. The molecule has 0 aromatic heterocycles. The molecule has 1 aromatic carbocycles. The molecule has 0 saturated carbocycles. The quantitative estimate of drug-likeness (QED) is 0.849. The summed E-state index contributed by atoms with van der Waals surface area (Å²) >= 11 is 0. The van der Waals surface area contributed by atoms with Crippen LogP contribution in [0.3, 0.4) is 0 Å². The summed E-state index contributed by atoms with van der Waals surface area (Å²) in [5.74, 6) is 0.454. The third-order valence-corrected chi connectivity index (χ3v) is 3.54. The average molecular weight is 236 g/mol. The molecule has 1 aromatic rings. The number of aryl methyl sites for hydroxylation is 1. The first kappa shape index (κ1) is 12.4. The molecule has 1 atom stereocenters. The van der Waals surface area contributed by atoms with Gasteiger partial charge in [-0.1, -0.05) is 19.9 Å². The van der Waals surface area contributed by atoms with E-state index in [0.717, 1.165) is 25.3 Å². The lowest BCUT2D eigenvalue weighted by atomic mass is 9.99. The number of nitrogens with one attached hydrogen (secondary N) is 1. The Bertz CT molecular complexity index is 390. The van der Waals surface area contributed by atoms with Crippen LogP contribution in [0, 0.1) is 18.7 Å². The van der Waals surface area contributed by atoms with Gasteiger partial charge in [-0.25, -0.2) is 4.39 Å². The Labute approximate surface area is 103 Å². The summed E-state index contributed by atoms with van der Waals surface area (Å²) < 4.78 is 13.6. The monoisotopic (exact) mass is 236 g/mol. The zero-order valence-electron chi connectivity index (χ0n) is 10.8. The molecule has 0 bridgehead atoms. The topological polar surface area (TPSA) is 15.3 Å². The second kappa shape index (κ2) is 5.05. The third-order valence-electron chi connectivity index (χ3n) is 3.54. The summed E-state index contributed by atoms with van der Waals surface area (Å²) in [6.45, 7) is 9.14. The summed E-state index contributed by atoms with van der Waals surface area (Å²) in [4.78, 5) is 2.32. The molecule has 0 aliphatic carbocycles. The van der Waals surface area contributed by atoms with Crippen LogP contribution in [-0.4, -0.2) is 25.7 Å². The fourth-order valence-corrected chi connectivity index (χ4v) is 2.40. The maximum Gasteiger partial charge on any atom is 0.128 e. The Morgan fingerprint density at radius 2 is 2.18 bits per heavy atom. The first-order valence-corrected chi connectivity index (χ1v) is 6.33. The third kappa shape index (κ3) is 2.60. The highest BCUT2D eigenvalue weighted by molar-refractivity contribution is 5.49. The van der Waals surface area contributed by atoms with E-state index in [9.17, 15) is 4.39 Å². The Morgan fingerprint density at radius 1 is 1.41 bits per heavy atom. The van der Waals surface area contributed by atoms with E-state index in [1.54, 1.807) is 13.0 Å². The van der Waals surface area contributed by atoms with Crippen molar-refractivity contribution in [1.82, 2.24) is 5.32 Å². The molecule has 0 radical (unpaired) electrons. The van der Waals surface area contributed by atoms with Crippen LogP contribution in [0.1, 0.15) is 19.4 Å². The molecular weight excluding hydrogens is 215 g/mol. The summed E-state index contributed by atoms with van der Waals surface area (Å²) in [6, 6.07) is 6.00. The van der Waals surface area contributed by atoms with Crippen molar-refractivity contribution in [2.75, 3.05) is 24.5 Å². The molecule has 0 spiro atoms. The maximum absolute atomic E-state index is 13.6. The van der Waals surface area contributed by atoms with Crippen molar-refractivity contribution in [3.63, 3.8) is 0 Å². The van der Waals surface area contributed by atoms with Crippen LogP contribution >= 0.6 is 0 Å². The summed E-state index contributed by atoms with van der Waals surface area (Å²) in [7, 11) is 0. The number of hydrogen-bond acceptors (Lipinski definition) is 2. The molecule has 0 amide bonds. The number of halogens is 1. The second-order valence-electron chi connectivity index (χ2n) is 5.14. The molecule has 1 N–H and O–H groups in total. The van der Waals surface area contributed by atoms with E-state index in [0.29, 0.717) is 17.5 Å². The van der Waals surface area contributed by atoms with Crippen LogP contribution in [0.5, 0.6) is 0 Å². The minimum Gasteiger partial charge on any atom is -0.366 e. The lowest BCUT2D eigenvalue weighted by molar-refractivity contribution is 0.390. The van der Waals surface area contributed by atoms with E-state index in [2.05, 4.69) is 24.1 Å². The number of rotatable bonds is 2. The standard InChI is InChI=1S/C14H21FN2/c1-10(2)14-9-16-6-7-17(14)12-5-4-11(3)13(15)8-12/h4-5,8,10,14,16H,6-7,9H2,1-3H3. The van der Waals surface area contributed by atoms with Crippen molar-refractivity contribution in [2.24, 2.45) is 5.92 Å². The maximum atomic E-state index is 13.6. The summed E-state index contributed by atoms with van der Waals surface area (Å²) in [6.07, 6.45) is 0. The first-order chi connectivity index (χ1) is 8.09. The zero-order chi connectivity index (χ0) is 12.4. The van der Waals surface area contributed by atoms with E-state index in [4.69, 9.17) is 0 Å². The van der Waals surface area contributed by atoms with Gasteiger partial charge in [-0.15, -0.1) is 0 Å². The van der Waals surface area contributed by atoms with Gasteiger partial charge >= 0.3 is 0 Å². The molecule has 2 nitrogen and oxygen atoms in total. The highest BCUT2D eigenvalue weighted by Crippen LogP contribution is 2.24. The van der Waals surface area contributed by atoms with Gasteiger partial charge in [-0.2, -0.15) is 0 Å². The Morgan fingerprint density at radius 3 is 2.82 bits per heavy atom. The molecule has 1 fully saturated rings. The molecule has 1 saturated heterocycles. The lowest BCUT2D eigenvalue weighted by Crippen LogP contribution is -2.53. The minimum atomic E-state index is -0.108. The largest absolute Gasteiger partial charge is 0.366 e. The van der Waals surface area contributed by atoms with Gasteiger partial charge in [0, 0.05) is 31.4 Å². The number of benzene rings is 1. The van der Waals surface area contributed by atoms with Crippen LogP contribution in [0.4, 0.5) is 10.1 Å². The number of anilines is 1. The number of nitrogens with zero attached hydrogens (tertiary/aromatic N) is 1. The van der Waals surface area contributed by atoms with Crippen molar-refractivity contribution in [1.29, 1.82) is 0 Å². The van der Waals surface area contributed by atoms with Crippen LogP contribution in [0.25, 0.3) is 0 Å². The zero-order valence-corrected chi connectivity index (χ0v) is 10.8. The van der Waals surface area contributed by atoms with Crippen LogP contribution in [-0.2, 0) is 0 Å². The van der Waals surface area contributed by atoms with E-state index in [-0.39, 0.29) is 5.82 Å². The smallest absolute Gasteiger partial charge is 0.128 e. The molecule has 3 heteroatoms. The van der Waals surface area contributed by atoms with E-state index in [1.807, 2.05) is 12.1 Å². The molecule has 1 aliphatic heterocycles. The van der Waals surface area contributed by atoms with Gasteiger partial charge in [0.25, 0.3) is 0 Å². The molecule has 1 heterocycles. The van der Waals surface area contributed by atoms with Crippen LogP contribution < -0.4 is 10.2 Å². The van der Waals surface area contributed by atoms with E-state index < -0.39 is 0 Å². The lowest BCUT2D eigenvalue weighted by Gasteiger charge is -2.40. The van der Waals surface area contributed by atoms with Gasteiger partial charge in [0.1, 0.15) is 5.82 Å². The highest BCUT2D eigenvalue weighted by Gasteiger charge is 2.25. The van der Waals surface area contributed by atoms with Gasteiger partial charge in [0.2, 0.25) is 0 Å². The fourth-order valence-electron chi connectivity index (χ4n) is 2.40. The van der Waals surface area contributed by atoms with Crippen LogP contribution in [0.2, 0.25) is 0 Å². The van der Waals surface area contributed by atoms with Crippen LogP contribution in [0.15, 0.2) is 18.2 Å². The summed E-state index contributed by atoms with van der Waals surface area (Å²) in [5.41, 5.74) is 1.72. The van der Waals surface area contributed by atoms with Gasteiger partial charge in [-0.3, -0.25) is 0 Å². The fraction of sp³-hybridized carbons (Fsp3) is 0.571. The molecule has 1 unspecified atom stereocenters. The average Bonchev–Trinajstić information content (AvgIpc) is 2.32. The van der Waals surface area contributed by atoms with Gasteiger partial charge in [-0.05, 0) is 30.5 Å². The molecule has 17 heavy (non-hydrogen) atoms. The predicted molar refractivity (Wildman–Crippen MR) is 70.0 cm³/mol. The molecule has 1 aliphatic rings. The summed E-state index contributed by atoms with van der Waals surface area (Å²) in [5, 5.41) is 3.41. The van der Waals surface area contributed by atoms with Gasteiger partial charge < -0.3 is 10.2 Å². The van der Waals surface area contributed by atoms with E-state index >= 15 is 0 Å². The molecular formula is C14H21FN2. The van der Waals surface area contributed by atoms with Gasteiger partial charge in [0.05, 0.1) is 0 Å². The molecule has 2 rings (SSSR count). The number of piperazine rings is 1. The molecule has 94 valence electrons. The first-order valence-electron chi connectivity index (χ1n) is 6.33. The minimum absolute atomic E-state index is 0.108. The Balaban J connectivity index is 2.26. The van der Waals surface area contributed by atoms with Crippen molar-refractivity contribution >= 4 is 5.69 Å². The SMILES string of the molecule is Cc1ccc(N2CCNCC2C(C)C)cc1F. The van der Waals surface area contributed by atoms with Crippen molar-refractivity contribution in [3.05, 3.63) is 29.6 Å². The van der Waals surface area contributed by atoms with Crippen molar-refractivity contribution < 1.29 is 4.39 Å². The Kier molecular flexibility index (Phi) is 3.67. The van der Waals surface area contributed by atoms with Crippen molar-refractivity contribution in [3.8, 4) is 0 Å². The predicted octanol–water partition coefficient (Wildman–Crippen LogP) is 2.57.